The van der Waals surface area contributed by atoms with E-state index in [1.54, 1.807) is 22.3 Å². The molecule has 0 unspecified atom stereocenters. The van der Waals surface area contributed by atoms with E-state index in [9.17, 15) is 4.79 Å². The SMILES string of the molecule is O=C(/C=C/c1cccs1)N(CCO)Cc1ccccc1. The summed E-state index contributed by atoms with van der Waals surface area (Å²) in [6, 6.07) is 13.7. The fourth-order valence-corrected chi connectivity index (χ4v) is 2.45. The van der Waals surface area contributed by atoms with Gasteiger partial charge >= 0.3 is 0 Å². The number of hydrogen-bond donors (Lipinski definition) is 1. The fraction of sp³-hybridized carbons (Fsp3) is 0.188. The van der Waals surface area contributed by atoms with Crippen molar-refractivity contribution in [1.29, 1.82) is 0 Å². The molecule has 4 heteroatoms. The molecule has 20 heavy (non-hydrogen) atoms. The van der Waals surface area contributed by atoms with Gasteiger partial charge < -0.3 is 10.0 Å². The van der Waals surface area contributed by atoms with E-state index in [1.807, 2.05) is 53.9 Å². The maximum atomic E-state index is 12.2. The quantitative estimate of drug-likeness (QED) is 0.830. The van der Waals surface area contributed by atoms with Crippen molar-refractivity contribution in [3.05, 3.63) is 64.4 Å². The lowest BCUT2D eigenvalue weighted by molar-refractivity contribution is -0.127. The van der Waals surface area contributed by atoms with E-state index in [2.05, 4.69) is 0 Å². The molecule has 0 atom stereocenters. The molecule has 0 saturated carbocycles. The summed E-state index contributed by atoms with van der Waals surface area (Å²) >= 11 is 1.59. The minimum atomic E-state index is -0.0868. The molecule has 0 saturated heterocycles. The summed E-state index contributed by atoms with van der Waals surface area (Å²) in [4.78, 5) is 14.8. The van der Waals surface area contributed by atoms with Gasteiger partial charge in [0.25, 0.3) is 0 Å². The van der Waals surface area contributed by atoms with Crippen molar-refractivity contribution < 1.29 is 9.90 Å². The van der Waals surface area contributed by atoms with Gasteiger partial charge in [-0.05, 0) is 23.1 Å². The van der Waals surface area contributed by atoms with Crippen molar-refractivity contribution in [3.63, 3.8) is 0 Å². The number of hydrogen-bond acceptors (Lipinski definition) is 3. The number of nitrogens with zero attached hydrogens (tertiary/aromatic N) is 1. The Labute approximate surface area is 122 Å². The first-order valence-electron chi connectivity index (χ1n) is 6.45. The van der Waals surface area contributed by atoms with Crippen LogP contribution in [0.5, 0.6) is 0 Å². The highest BCUT2D eigenvalue weighted by atomic mass is 32.1. The van der Waals surface area contributed by atoms with E-state index in [1.165, 1.54) is 0 Å². The van der Waals surface area contributed by atoms with Crippen molar-refractivity contribution in [2.24, 2.45) is 0 Å². The molecule has 0 bridgehead atoms. The standard InChI is InChI=1S/C16H17NO2S/c18-11-10-17(13-14-5-2-1-3-6-14)16(19)9-8-15-7-4-12-20-15/h1-9,12,18H,10-11,13H2/b9-8+. The normalized spacial score (nSPS) is 10.8. The Morgan fingerprint density at radius 1 is 1.20 bits per heavy atom. The molecule has 0 radical (unpaired) electrons. The van der Waals surface area contributed by atoms with Crippen molar-refractivity contribution in [1.82, 2.24) is 4.90 Å². The zero-order chi connectivity index (χ0) is 14.2. The molecule has 1 heterocycles. The van der Waals surface area contributed by atoms with Gasteiger partial charge in [-0.1, -0.05) is 36.4 Å². The number of aliphatic hydroxyl groups is 1. The number of amides is 1. The van der Waals surface area contributed by atoms with Gasteiger partial charge in [0.1, 0.15) is 0 Å². The highest BCUT2D eigenvalue weighted by molar-refractivity contribution is 7.10. The second-order valence-electron chi connectivity index (χ2n) is 4.32. The Hall–Kier alpha value is -1.91. The molecule has 0 spiro atoms. The summed E-state index contributed by atoms with van der Waals surface area (Å²) in [6.45, 7) is 0.808. The van der Waals surface area contributed by atoms with E-state index < -0.39 is 0 Å². The molecule has 0 aliphatic rings. The molecule has 0 aliphatic heterocycles. The van der Waals surface area contributed by atoms with Crippen LogP contribution in [0.1, 0.15) is 10.4 Å². The molecule has 3 nitrogen and oxygen atoms in total. The van der Waals surface area contributed by atoms with Gasteiger partial charge in [0.2, 0.25) is 5.91 Å². The summed E-state index contributed by atoms with van der Waals surface area (Å²) in [6.07, 6.45) is 3.37. The van der Waals surface area contributed by atoms with Crippen LogP contribution in [0.4, 0.5) is 0 Å². The monoisotopic (exact) mass is 287 g/mol. The first-order chi connectivity index (χ1) is 9.79. The van der Waals surface area contributed by atoms with Crippen LogP contribution in [0, 0.1) is 0 Å². The Bertz CT molecular complexity index is 549. The highest BCUT2D eigenvalue weighted by Gasteiger charge is 2.10. The predicted octanol–water partition coefficient (Wildman–Crippen LogP) is 2.78. The van der Waals surface area contributed by atoms with Crippen LogP contribution in [-0.4, -0.2) is 29.1 Å². The lowest BCUT2D eigenvalue weighted by Gasteiger charge is -2.20. The Kier molecular flexibility index (Phi) is 5.53. The second-order valence-corrected chi connectivity index (χ2v) is 5.30. The van der Waals surface area contributed by atoms with Gasteiger partial charge in [-0.2, -0.15) is 0 Å². The molecule has 1 N–H and O–H groups in total. The molecule has 2 rings (SSSR count). The molecule has 0 fully saturated rings. The molecule has 2 aromatic rings. The summed E-state index contributed by atoms with van der Waals surface area (Å²) < 4.78 is 0. The summed E-state index contributed by atoms with van der Waals surface area (Å²) in [5.41, 5.74) is 1.05. The number of carbonyl (C=O) groups is 1. The first kappa shape index (κ1) is 14.5. The van der Waals surface area contributed by atoms with Gasteiger partial charge in [0, 0.05) is 24.0 Å². The lowest BCUT2D eigenvalue weighted by atomic mass is 10.2. The van der Waals surface area contributed by atoms with Gasteiger partial charge in [0.15, 0.2) is 0 Å². The number of carbonyl (C=O) groups excluding carboxylic acids is 1. The number of thiophene rings is 1. The van der Waals surface area contributed by atoms with Crippen LogP contribution in [0.2, 0.25) is 0 Å². The largest absolute Gasteiger partial charge is 0.395 e. The minimum absolute atomic E-state index is 0.0363. The van der Waals surface area contributed by atoms with E-state index in [-0.39, 0.29) is 12.5 Å². The summed E-state index contributed by atoms with van der Waals surface area (Å²) in [5.74, 6) is -0.0868. The lowest BCUT2D eigenvalue weighted by Crippen LogP contribution is -2.31. The zero-order valence-corrected chi connectivity index (χ0v) is 11.9. The fourth-order valence-electron chi connectivity index (χ4n) is 1.84. The third kappa shape index (κ3) is 4.33. The minimum Gasteiger partial charge on any atom is -0.395 e. The second kappa shape index (κ2) is 7.62. The Morgan fingerprint density at radius 3 is 2.65 bits per heavy atom. The van der Waals surface area contributed by atoms with Crippen molar-refractivity contribution in [2.45, 2.75) is 6.54 Å². The van der Waals surface area contributed by atoms with Gasteiger partial charge in [-0.25, -0.2) is 0 Å². The highest BCUT2D eigenvalue weighted by Crippen LogP contribution is 2.11. The average molecular weight is 287 g/mol. The third-order valence-corrected chi connectivity index (χ3v) is 3.67. The Balaban J connectivity index is 2.02. The van der Waals surface area contributed by atoms with Crippen LogP contribution in [0.25, 0.3) is 6.08 Å². The molecule has 104 valence electrons. The average Bonchev–Trinajstić information content (AvgIpc) is 2.99. The Morgan fingerprint density at radius 2 is 2.00 bits per heavy atom. The summed E-state index contributed by atoms with van der Waals surface area (Å²) in [5, 5.41) is 11.1. The topological polar surface area (TPSA) is 40.5 Å². The maximum absolute atomic E-state index is 12.2. The molecule has 1 amide bonds. The molecule has 1 aromatic carbocycles. The van der Waals surface area contributed by atoms with Crippen molar-refractivity contribution in [2.75, 3.05) is 13.2 Å². The molecule has 0 aliphatic carbocycles. The maximum Gasteiger partial charge on any atom is 0.246 e. The number of rotatable bonds is 6. The third-order valence-electron chi connectivity index (χ3n) is 2.83. The van der Waals surface area contributed by atoms with Crippen LogP contribution in [0.15, 0.2) is 53.9 Å². The zero-order valence-electron chi connectivity index (χ0n) is 11.1. The molecule has 1 aromatic heterocycles. The number of aliphatic hydroxyl groups excluding tert-OH is 1. The van der Waals surface area contributed by atoms with Crippen LogP contribution >= 0.6 is 11.3 Å². The van der Waals surface area contributed by atoms with Gasteiger partial charge in [-0.3, -0.25) is 4.79 Å². The predicted molar refractivity (Wildman–Crippen MR) is 82.3 cm³/mol. The smallest absolute Gasteiger partial charge is 0.246 e. The molecular weight excluding hydrogens is 270 g/mol. The summed E-state index contributed by atoms with van der Waals surface area (Å²) in [7, 11) is 0. The number of benzene rings is 1. The van der Waals surface area contributed by atoms with E-state index in [0.717, 1.165) is 10.4 Å². The van der Waals surface area contributed by atoms with Gasteiger partial charge in [0.05, 0.1) is 6.61 Å². The molecular formula is C16H17NO2S. The van der Waals surface area contributed by atoms with E-state index >= 15 is 0 Å². The van der Waals surface area contributed by atoms with Crippen LogP contribution in [0.3, 0.4) is 0 Å². The van der Waals surface area contributed by atoms with E-state index in [0.29, 0.717) is 13.1 Å². The first-order valence-corrected chi connectivity index (χ1v) is 7.33. The van der Waals surface area contributed by atoms with E-state index in [4.69, 9.17) is 5.11 Å². The van der Waals surface area contributed by atoms with Crippen LogP contribution < -0.4 is 0 Å². The van der Waals surface area contributed by atoms with Crippen molar-refractivity contribution >= 4 is 23.3 Å². The van der Waals surface area contributed by atoms with Crippen LogP contribution in [-0.2, 0) is 11.3 Å². The van der Waals surface area contributed by atoms with Crippen molar-refractivity contribution in [3.8, 4) is 0 Å². The van der Waals surface area contributed by atoms with Gasteiger partial charge in [-0.15, -0.1) is 11.3 Å².